The van der Waals surface area contributed by atoms with Gasteiger partial charge in [0.1, 0.15) is 5.75 Å². The lowest BCUT2D eigenvalue weighted by Crippen LogP contribution is -2.23. The van der Waals surface area contributed by atoms with Crippen molar-refractivity contribution in [3.05, 3.63) is 88.9 Å². The van der Waals surface area contributed by atoms with Crippen LogP contribution >= 0.6 is 11.6 Å². The molecule has 0 aliphatic carbocycles. The standard InChI is InChI=1S/C22H21ClN2O4S/c1-2-29-21-6-4-3-5-17(21)15-24-22(26)16-7-11-19(12-8-16)25-30(27,28)20-13-9-18(23)10-14-20/h3-14,25H,2,15H2,1H3,(H,24,26). The van der Waals surface area contributed by atoms with Crippen LogP contribution in [0.4, 0.5) is 5.69 Å². The van der Waals surface area contributed by atoms with E-state index in [9.17, 15) is 13.2 Å². The molecule has 0 bridgehead atoms. The van der Waals surface area contributed by atoms with Crippen molar-refractivity contribution < 1.29 is 17.9 Å². The van der Waals surface area contributed by atoms with Crippen LogP contribution in [0.3, 0.4) is 0 Å². The average Bonchev–Trinajstić information content (AvgIpc) is 2.74. The van der Waals surface area contributed by atoms with Crippen LogP contribution in [0.5, 0.6) is 5.75 Å². The summed E-state index contributed by atoms with van der Waals surface area (Å²) in [7, 11) is -3.74. The Morgan fingerprint density at radius 2 is 1.63 bits per heavy atom. The van der Waals surface area contributed by atoms with Crippen molar-refractivity contribution in [1.82, 2.24) is 5.32 Å². The summed E-state index contributed by atoms with van der Waals surface area (Å²) in [6.45, 7) is 2.76. The molecule has 0 unspecified atom stereocenters. The Balaban J connectivity index is 1.64. The average molecular weight is 445 g/mol. The van der Waals surface area contributed by atoms with Gasteiger partial charge in [0.15, 0.2) is 0 Å². The van der Waals surface area contributed by atoms with Crippen molar-refractivity contribution in [2.45, 2.75) is 18.4 Å². The van der Waals surface area contributed by atoms with E-state index in [4.69, 9.17) is 16.3 Å². The fraction of sp³-hybridized carbons (Fsp3) is 0.136. The third kappa shape index (κ3) is 5.52. The minimum Gasteiger partial charge on any atom is -0.494 e. The normalized spacial score (nSPS) is 11.0. The lowest BCUT2D eigenvalue weighted by atomic mass is 10.1. The van der Waals surface area contributed by atoms with Crippen molar-refractivity contribution in [2.75, 3.05) is 11.3 Å². The third-order valence-corrected chi connectivity index (χ3v) is 5.88. The van der Waals surface area contributed by atoms with Gasteiger partial charge in [-0.15, -0.1) is 0 Å². The number of anilines is 1. The highest BCUT2D eigenvalue weighted by atomic mass is 35.5. The molecular formula is C22H21ClN2O4S. The molecule has 0 fully saturated rings. The predicted octanol–water partition coefficient (Wildman–Crippen LogP) is 4.47. The number of carbonyl (C=O) groups excluding carboxylic acids is 1. The molecule has 30 heavy (non-hydrogen) atoms. The van der Waals surface area contributed by atoms with E-state index in [1.54, 1.807) is 12.1 Å². The van der Waals surface area contributed by atoms with Gasteiger partial charge in [-0.25, -0.2) is 8.42 Å². The van der Waals surface area contributed by atoms with Gasteiger partial charge in [0, 0.05) is 28.4 Å². The lowest BCUT2D eigenvalue weighted by molar-refractivity contribution is 0.0950. The van der Waals surface area contributed by atoms with Gasteiger partial charge < -0.3 is 10.1 Å². The van der Waals surface area contributed by atoms with Crippen LogP contribution in [-0.4, -0.2) is 20.9 Å². The highest BCUT2D eigenvalue weighted by molar-refractivity contribution is 7.92. The number of rotatable bonds is 8. The van der Waals surface area contributed by atoms with E-state index in [1.807, 2.05) is 31.2 Å². The molecular weight excluding hydrogens is 424 g/mol. The topological polar surface area (TPSA) is 84.5 Å². The molecule has 156 valence electrons. The smallest absolute Gasteiger partial charge is 0.261 e. The Bertz CT molecular complexity index is 1110. The monoisotopic (exact) mass is 444 g/mol. The number of halogens is 1. The number of hydrogen-bond donors (Lipinski definition) is 2. The summed E-state index contributed by atoms with van der Waals surface area (Å²) in [4.78, 5) is 12.5. The predicted molar refractivity (Wildman–Crippen MR) is 117 cm³/mol. The van der Waals surface area contributed by atoms with Crippen molar-refractivity contribution in [3.63, 3.8) is 0 Å². The van der Waals surface area contributed by atoms with Gasteiger partial charge in [-0.05, 0) is 61.5 Å². The fourth-order valence-corrected chi connectivity index (χ4v) is 3.93. The first kappa shape index (κ1) is 21.7. The number of sulfonamides is 1. The zero-order valence-electron chi connectivity index (χ0n) is 16.3. The van der Waals surface area contributed by atoms with E-state index < -0.39 is 10.0 Å². The van der Waals surface area contributed by atoms with E-state index in [-0.39, 0.29) is 10.8 Å². The van der Waals surface area contributed by atoms with Crippen molar-refractivity contribution in [2.24, 2.45) is 0 Å². The molecule has 0 spiro atoms. The Morgan fingerprint density at radius 1 is 0.967 bits per heavy atom. The van der Waals surface area contributed by atoms with E-state index >= 15 is 0 Å². The van der Waals surface area contributed by atoms with Gasteiger partial charge in [0.2, 0.25) is 0 Å². The maximum absolute atomic E-state index is 12.4. The van der Waals surface area contributed by atoms with Crippen LogP contribution in [0.25, 0.3) is 0 Å². The maximum Gasteiger partial charge on any atom is 0.261 e. The summed E-state index contributed by atoms with van der Waals surface area (Å²) in [5.41, 5.74) is 1.64. The first-order chi connectivity index (χ1) is 14.4. The fourth-order valence-electron chi connectivity index (χ4n) is 2.74. The van der Waals surface area contributed by atoms with Crippen LogP contribution in [-0.2, 0) is 16.6 Å². The molecule has 0 atom stereocenters. The molecule has 8 heteroatoms. The van der Waals surface area contributed by atoms with Crippen LogP contribution in [0.1, 0.15) is 22.8 Å². The van der Waals surface area contributed by atoms with Gasteiger partial charge in [-0.2, -0.15) is 0 Å². The second-order valence-corrected chi connectivity index (χ2v) is 8.48. The van der Waals surface area contributed by atoms with Crippen LogP contribution < -0.4 is 14.8 Å². The molecule has 0 aliphatic rings. The Morgan fingerprint density at radius 3 is 2.30 bits per heavy atom. The van der Waals surface area contributed by atoms with Gasteiger partial charge in [-0.1, -0.05) is 29.8 Å². The zero-order valence-corrected chi connectivity index (χ0v) is 17.8. The molecule has 0 radical (unpaired) electrons. The summed E-state index contributed by atoms with van der Waals surface area (Å²) in [6.07, 6.45) is 0. The number of benzene rings is 3. The van der Waals surface area contributed by atoms with Gasteiger partial charge in [-0.3, -0.25) is 9.52 Å². The van der Waals surface area contributed by atoms with E-state index in [0.29, 0.717) is 29.4 Å². The minimum absolute atomic E-state index is 0.0988. The second-order valence-electron chi connectivity index (χ2n) is 6.36. The zero-order chi connectivity index (χ0) is 21.6. The van der Waals surface area contributed by atoms with Gasteiger partial charge in [0.25, 0.3) is 15.9 Å². The Labute approximate surface area is 180 Å². The second kappa shape index (κ2) is 9.65. The van der Waals surface area contributed by atoms with Gasteiger partial charge >= 0.3 is 0 Å². The first-order valence-corrected chi connectivity index (χ1v) is 11.1. The summed E-state index contributed by atoms with van der Waals surface area (Å²) >= 11 is 5.80. The van der Waals surface area contributed by atoms with Gasteiger partial charge in [0.05, 0.1) is 11.5 Å². The summed E-state index contributed by atoms with van der Waals surface area (Å²) in [5, 5.41) is 3.29. The Kier molecular flexibility index (Phi) is 6.97. The quantitative estimate of drug-likeness (QED) is 0.536. The highest BCUT2D eigenvalue weighted by Gasteiger charge is 2.14. The van der Waals surface area contributed by atoms with E-state index in [2.05, 4.69) is 10.0 Å². The first-order valence-electron chi connectivity index (χ1n) is 9.26. The molecule has 2 N–H and O–H groups in total. The number of nitrogens with one attached hydrogen (secondary N) is 2. The van der Waals surface area contributed by atoms with E-state index in [0.717, 1.165) is 11.3 Å². The maximum atomic E-state index is 12.4. The van der Waals surface area contributed by atoms with Crippen molar-refractivity contribution in [3.8, 4) is 5.75 Å². The lowest BCUT2D eigenvalue weighted by Gasteiger charge is -2.11. The van der Waals surface area contributed by atoms with Crippen LogP contribution in [0, 0.1) is 0 Å². The molecule has 0 saturated heterocycles. The number of ether oxygens (including phenoxy) is 1. The molecule has 0 aliphatic heterocycles. The number of hydrogen-bond acceptors (Lipinski definition) is 4. The summed E-state index contributed by atoms with van der Waals surface area (Å²) in [6, 6.07) is 19.6. The van der Waals surface area contributed by atoms with Crippen LogP contribution in [0.2, 0.25) is 5.02 Å². The largest absolute Gasteiger partial charge is 0.494 e. The summed E-state index contributed by atoms with van der Waals surface area (Å²) < 4.78 is 32.9. The van der Waals surface area contributed by atoms with Crippen LogP contribution in [0.15, 0.2) is 77.7 Å². The third-order valence-electron chi connectivity index (χ3n) is 4.24. The molecule has 6 nitrogen and oxygen atoms in total. The highest BCUT2D eigenvalue weighted by Crippen LogP contribution is 2.20. The molecule has 1 amide bonds. The summed E-state index contributed by atoms with van der Waals surface area (Å²) in [5.74, 6) is 0.459. The number of carbonyl (C=O) groups is 1. The SMILES string of the molecule is CCOc1ccccc1CNC(=O)c1ccc(NS(=O)(=O)c2ccc(Cl)cc2)cc1. The molecule has 0 aromatic heterocycles. The molecule has 3 rings (SSSR count). The van der Waals surface area contributed by atoms with Crippen molar-refractivity contribution in [1.29, 1.82) is 0 Å². The number of para-hydroxylation sites is 1. The van der Waals surface area contributed by atoms with E-state index in [1.165, 1.54) is 36.4 Å². The molecule has 3 aromatic carbocycles. The Hall–Kier alpha value is -3.03. The molecule has 0 heterocycles. The number of amides is 1. The molecule has 3 aromatic rings. The van der Waals surface area contributed by atoms with Crippen molar-refractivity contribution >= 4 is 33.2 Å². The minimum atomic E-state index is -3.74. The molecule has 0 saturated carbocycles.